The molecule has 0 saturated heterocycles. The number of hydrogen-bond acceptors (Lipinski definition) is 7. The van der Waals surface area contributed by atoms with Gasteiger partial charge in [-0.3, -0.25) is 9.69 Å². The van der Waals surface area contributed by atoms with E-state index in [0.717, 1.165) is 47.1 Å². The lowest BCUT2D eigenvalue weighted by molar-refractivity contribution is -0.115. The minimum atomic E-state index is -0.379. The molecule has 0 bridgehead atoms. The van der Waals surface area contributed by atoms with E-state index in [4.69, 9.17) is 9.47 Å². The Morgan fingerprint density at radius 1 is 1.24 bits per heavy atom. The molecule has 1 aliphatic rings. The highest BCUT2D eigenvalue weighted by Crippen LogP contribution is 2.37. The quantitative estimate of drug-likeness (QED) is 0.500. The van der Waals surface area contributed by atoms with Gasteiger partial charge >= 0.3 is 5.97 Å². The van der Waals surface area contributed by atoms with Gasteiger partial charge < -0.3 is 14.8 Å². The van der Waals surface area contributed by atoms with E-state index in [9.17, 15) is 9.59 Å². The predicted molar refractivity (Wildman–Crippen MR) is 117 cm³/mol. The summed E-state index contributed by atoms with van der Waals surface area (Å²) in [5, 5.41) is 3.56. The molecule has 1 N–H and O–H groups in total. The molecular weight excluding hydrogens is 408 g/mol. The lowest BCUT2D eigenvalue weighted by Crippen LogP contribution is -2.29. The van der Waals surface area contributed by atoms with E-state index in [0.29, 0.717) is 22.7 Å². The third-order valence-corrected chi connectivity index (χ3v) is 7.03. The van der Waals surface area contributed by atoms with Gasteiger partial charge in [0.1, 0.15) is 10.8 Å². The number of esters is 1. The number of rotatable bonds is 8. The number of carbonyl (C=O) groups excluding carboxylic acids is 2. The molecule has 0 radical (unpaired) electrons. The number of nitrogens with zero attached hydrogens (tertiary/aromatic N) is 1. The van der Waals surface area contributed by atoms with Gasteiger partial charge in [-0.1, -0.05) is 6.92 Å². The van der Waals surface area contributed by atoms with E-state index in [1.54, 1.807) is 18.9 Å². The average molecular weight is 435 g/mol. The number of thiophene rings is 1. The molecule has 2 heterocycles. The first-order valence-corrected chi connectivity index (χ1v) is 11.4. The number of hydrogen-bond donors (Lipinski definition) is 1. The SMILES string of the molecule is CCN1CCc2c(sc(NC(=O)CCSc3ccc(OC)cc3)c2C(=O)OC)C1. The van der Waals surface area contributed by atoms with Gasteiger partial charge in [0.05, 0.1) is 19.8 Å². The van der Waals surface area contributed by atoms with Crippen LogP contribution in [0.5, 0.6) is 5.75 Å². The van der Waals surface area contributed by atoms with E-state index in [2.05, 4.69) is 17.1 Å². The van der Waals surface area contributed by atoms with Crippen LogP contribution in [-0.2, 0) is 22.5 Å². The second kappa shape index (κ2) is 10.1. The standard InChI is InChI=1S/C21H26N2O4S2/c1-4-23-11-9-16-17(13-23)29-20(19(16)21(25)27-3)22-18(24)10-12-28-15-7-5-14(26-2)6-8-15/h5-8H,4,9-13H2,1-3H3,(H,22,24). The molecule has 0 aliphatic carbocycles. The van der Waals surface area contributed by atoms with Crippen molar-refractivity contribution in [3.63, 3.8) is 0 Å². The number of nitrogens with one attached hydrogen (secondary N) is 1. The number of thioether (sulfide) groups is 1. The van der Waals surface area contributed by atoms with Crippen molar-refractivity contribution in [3.05, 3.63) is 40.3 Å². The minimum Gasteiger partial charge on any atom is -0.497 e. The lowest BCUT2D eigenvalue weighted by Gasteiger charge is -2.25. The first kappa shape index (κ1) is 21.7. The molecule has 1 aliphatic heterocycles. The molecule has 156 valence electrons. The van der Waals surface area contributed by atoms with Crippen LogP contribution in [0.1, 0.15) is 34.1 Å². The fraction of sp³-hybridized carbons (Fsp3) is 0.429. The number of likely N-dealkylation sites (N-methyl/N-ethyl adjacent to an activating group) is 1. The van der Waals surface area contributed by atoms with Crippen molar-refractivity contribution in [1.29, 1.82) is 0 Å². The zero-order chi connectivity index (χ0) is 20.8. The van der Waals surface area contributed by atoms with Crippen LogP contribution in [-0.4, -0.2) is 49.8 Å². The zero-order valence-electron chi connectivity index (χ0n) is 16.9. The van der Waals surface area contributed by atoms with E-state index in [-0.39, 0.29) is 11.9 Å². The number of amides is 1. The Morgan fingerprint density at radius 3 is 2.66 bits per heavy atom. The lowest BCUT2D eigenvalue weighted by atomic mass is 10.0. The summed E-state index contributed by atoms with van der Waals surface area (Å²) in [7, 11) is 3.02. The molecular formula is C21H26N2O4S2. The van der Waals surface area contributed by atoms with Crippen LogP contribution >= 0.6 is 23.1 Å². The number of methoxy groups -OCH3 is 2. The van der Waals surface area contributed by atoms with Crippen molar-refractivity contribution in [3.8, 4) is 5.75 Å². The number of ether oxygens (including phenoxy) is 2. The van der Waals surface area contributed by atoms with E-state index < -0.39 is 0 Å². The molecule has 0 fully saturated rings. The summed E-state index contributed by atoms with van der Waals surface area (Å²) in [4.78, 5) is 29.4. The molecule has 1 aromatic carbocycles. The van der Waals surface area contributed by atoms with Gasteiger partial charge in [-0.2, -0.15) is 0 Å². The molecule has 29 heavy (non-hydrogen) atoms. The number of benzene rings is 1. The molecule has 0 saturated carbocycles. The molecule has 8 heteroatoms. The largest absolute Gasteiger partial charge is 0.497 e. The summed E-state index contributed by atoms with van der Waals surface area (Å²) in [6, 6.07) is 7.76. The Balaban J connectivity index is 1.63. The van der Waals surface area contributed by atoms with Gasteiger partial charge in [0, 0.05) is 35.0 Å². The van der Waals surface area contributed by atoms with Crippen LogP contribution in [0.3, 0.4) is 0 Å². The van der Waals surface area contributed by atoms with Crippen molar-refractivity contribution in [2.45, 2.75) is 31.2 Å². The van der Waals surface area contributed by atoms with Gasteiger partial charge in [0.2, 0.25) is 5.91 Å². The van der Waals surface area contributed by atoms with Crippen molar-refractivity contribution < 1.29 is 19.1 Å². The number of fused-ring (bicyclic) bond motifs is 1. The Labute approximate surface area is 179 Å². The maximum Gasteiger partial charge on any atom is 0.341 e. The van der Waals surface area contributed by atoms with Crippen molar-refractivity contribution in [1.82, 2.24) is 4.90 Å². The van der Waals surface area contributed by atoms with Gasteiger partial charge in [-0.05, 0) is 42.8 Å². The Kier molecular flexibility index (Phi) is 7.57. The Bertz CT molecular complexity index is 864. The molecule has 6 nitrogen and oxygen atoms in total. The zero-order valence-corrected chi connectivity index (χ0v) is 18.6. The highest BCUT2D eigenvalue weighted by atomic mass is 32.2. The number of anilines is 1. The summed E-state index contributed by atoms with van der Waals surface area (Å²) in [5.41, 5.74) is 1.55. The van der Waals surface area contributed by atoms with E-state index in [1.807, 2.05) is 24.3 Å². The van der Waals surface area contributed by atoms with Crippen molar-refractivity contribution in [2.75, 3.05) is 38.4 Å². The van der Waals surface area contributed by atoms with Gasteiger partial charge in [0.15, 0.2) is 0 Å². The summed E-state index contributed by atoms with van der Waals surface area (Å²) >= 11 is 3.10. The highest BCUT2D eigenvalue weighted by molar-refractivity contribution is 7.99. The summed E-state index contributed by atoms with van der Waals surface area (Å²) in [5.74, 6) is 0.989. The van der Waals surface area contributed by atoms with Crippen LogP contribution < -0.4 is 10.1 Å². The van der Waals surface area contributed by atoms with Crippen LogP contribution in [0.4, 0.5) is 5.00 Å². The predicted octanol–water partition coefficient (Wildman–Crippen LogP) is 4.04. The van der Waals surface area contributed by atoms with Crippen LogP contribution in [0.25, 0.3) is 0 Å². The molecule has 0 atom stereocenters. The highest BCUT2D eigenvalue weighted by Gasteiger charge is 2.28. The molecule has 3 rings (SSSR count). The van der Waals surface area contributed by atoms with Gasteiger partial charge in [-0.15, -0.1) is 23.1 Å². The topological polar surface area (TPSA) is 67.9 Å². The summed E-state index contributed by atoms with van der Waals surface area (Å²) in [6.45, 7) is 4.82. The Morgan fingerprint density at radius 2 is 2.00 bits per heavy atom. The van der Waals surface area contributed by atoms with E-state index >= 15 is 0 Å². The molecule has 0 unspecified atom stereocenters. The first-order chi connectivity index (χ1) is 14.0. The Hall–Kier alpha value is -2.03. The average Bonchev–Trinajstić information content (AvgIpc) is 3.10. The van der Waals surface area contributed by atoms with E-state index in [1.165, 1.54) is 18.4 Å². The third-order valence-electron chi connectivity index (χ3n) is 4.88. The normalized spacial score (nSPS) is 13.6. The maximum atomic E-state index is 12.5. The molecule has 0 spiro atoms. The minimum absolute atomic E-state index is 0.0953. The molecule has 2 aromatic rings. The van der Waals surface area contributed by atoms with Crippen molar-refractivity contribution >= 4 is 40.0 Å². The monoisotopic (exact) mass is 434 g/mol. The second-order valence-corrected chi connectivity index (χ2v) is 8.91. The smallest absolute Gasteiger partial charge is 0.341 e. The third kappa shape index (κ3) is 5.32. The molecule has 1 aromatic heterocycles. The summed E-state index contributed by atoms with van der Waals surface area (Å²) < 4.78 is 10.1. The summed E-state index contributed by atoms with van der Waals surface area (Å²) in [6.07, 6.45) is 1.16. The second-order valence-electron chi connectivity index (χ2n) is 6.64. The van der Waals surface area contributed by atoms with Crippen LogP contribution in [0.2, 0.25) is 0 Å². The van der Waals surface area contributed by atoms with Crippen LogP contribution in [0.15, 0.2) is 29.2 Å². The fourth-order valence-corrected chi connectivity index (χ4v) is 5.40. The van der Waals surface area contributed by atoms with Gasteiger partial charge in [-0.25, -0.2) is 4.79 Å². The van der Waals surface area contributed by atoms with Crippen molar-refractivity contribution in [2.24, 2.45) is 0 Å². The number of carbonyl (C=O) groups is 2. The van der Waals surface area contributed by atoms with Gasteiger partial charge in [0.25, 0.3) is 0 Å². The maximum absolute atomic E-state index is 12.5. The fourth-order valence-electron chi connectivity index (χ4n) is 3.26. The molecule has 1 amide bonds. The van der Waals surface area contributed by atoms with Crippen LogP contribution in [0, 0.1) is 0 Å². The first-order valence-electron chi connectivity index (χ1n) is 9.57.